The van der Waals surface area contributed by atoms with Crippen LogP contribution in [0.3, 0.4) is 0 Å². The zero-order valence-corrected chi connectivity index (χ0v) is 15.7. The molecule has 0 bridgehead atoms. The van der Waals surface area contributed by atoms with Gasteiger partial charge in [-0.05, 0) is 36.4 Å². The largest absolute Gasteiger partial charge is 0.490 e. The van der Waals surface area contributed by atoms with Crippen molar-refractivity contribution in [3.8, 4) is 5.75 Å². The molecule has 0 atom stereocenters. The number of hydrogen-bond donors (Lipinski definition) is 0. The summed E-state index contributed by atoms with van der Waals surface area (Å²) < 4.78 is 36.8. The molecule has 0 aliphatic rings. The van der Waals surface area contributed by atoms with Crippen molar-refractivity contribution in [3.05, 3.63) is 60.2 Å². The van der Waals surface area contributed by atoms with E-state index in [-0.39, 0.29) is 18.1 Å². The van der Waals surface area contributed by atoms with Crippen LogP contribution in [0.25, 0.3) is 0 Å². The fourth-order valence-electron chi connectivity index (χ4n) is 2.37. The van der Waals surface area contributed by atoms with Gasteiger partial charge < -0.3 is 9.47 Å². The Morgan fingerprint density at radius 1 is 0.923 bits per heavy atom. The minimum Gasteiger partial charge on any atom is -0.490 e. The maximum atomic E-state index is 12.4. The highest BCUT2D eigenvalue weighted by Gasteiger charge is 2.21. The third kappa shape index (κ3) is 5.06. The summed E-state index contributed by atoms with van der Waals surface area (Å²) in [6.45, 7) is 4.69. The summed E-state index contributed by atoms with van der Waals surface area (Å²) in [7, 11) is -3.53. The van der Waals surface area contributed by atoms with Gasteiger partial charge in [0.25, 0.3) is 0 Å². The first-order valence-electron chi connectivity index (χ1n) is 8.44. The molecule has 0 fully saturated rings. The number of benzene rings is 2. The molecule has 7 heteroatoms. The molecular weight excluding hydrogens is 354 g/mol. The Hall–Kier alpha value is -2.38. The van der Waals surface area contributed by atoms with Gasteiger partial charge in [-0.3, -0.25) is 0 Å². The van der Waals surface area contributed by atoms with Crippen molar-refractivity contribution >= 4 is 16.0 Å². The number of carbonyl (C=O) groups is 1. The van der Waals surface area contributed by atoms with Crippen LogP contribution in [-0.2, 0) is 14.8 Å². The van der Waals surface area contributed by atoms with Crippen LogP contribution < -0.4 is 4.74 Å². The lowest BCUT2D eigenvalue weighted by Crippen LogP contribution is -2.30. The Bertz CT molecular complexity index is 800. The minimum atomic E-state index is -3.53. The van der Waals surface area contributed by atoms with Crippen LogP contribution in [0, 0.1) is 0 Å². The fourth-order valence-corrected chi connectivity index (χ4v) is 3.83. The number of nitrogens with zero attached hydrogens (tertiary/aromatic N) is 1. The molecule has 0 radical (unpaired) electrons. The highest BCUT2D eigenvalue weighted by atomic mass is 32.2. The molecule has 0 saturated heterocycles. The molecule has 140 valence electrons. The average Bonchev–Trinajstić information content (AvgIpc) is 2.67. The Balaban J connectivity index is 1.90. The van der Waals surface area contributed by atoms with E-state index in [2.05, 4.69) is 0 Å². The second-order valence-electron chi connectivity index (χ2n) is 5.41. The van der Waals surface area contributed by atoms with Gasteiger partial charge in [0.15, 0.2) is 0 Å². The Morgan fingerprint density at radius 3 is 2.12 bits per heavy atom. The van der Waals surface area contributed by atoms with Gasteiger partial charge in [0.05, 0.1) is 10.5 Å². The van der Waals surface area contributed by atoms with Crippen LogP contribution >= 0.6 is 0 Å². The highest BCUT2D eigenvalue weighted by Crippen LogP contribution is 2.16. The van der Waals surface area contributed by atoms with E-state index in [0.29, 0.717) is 24.4 Å². The van der Waals surface area contributed by atoms with Gasteiger partial charge in [0.2, 0.25) is 10.0 Å². The molecule has 0 aromatic heterocycles. The normalized spacial score (nSPS) is 11.3. The van der Waals surface area contributed by atoms with Crippen molar-refractivity contribution in [1.29, 1.82) is 0 Å². The molecule has 0 spiro atoms. The van der Waals surface area contributed by atoms with E-state index in [1.54, 1.807) is 13.8 Å². The van der Waals surface area contributed by atoms with E-state index in [0.717, 1.165) is 0 Å². The van der Waals surface area contributed by atoms with Gasteiger partial charge in [-0.25, -0.2) is 13.2 Å². The van der Waals surface area contributed by atoms with E-state index < -0.39 is 16.0 Å². The number of para-hydroxylation sites is 1. The summed E-state index contributed by atoms with van der Waals surface area (Å²) in [5.74, 6) is 0.183. The molecule has 26 heavy (non-hydrogen) atoms. The maximum absolute atomic E-state index is 12.4. The smallest absolute Gasteiger partial charge is 0.338 e. The van der Waals surface area contributed by atoms with Crippen LogP contribution in [0.2, 0.25) is 0 Å². The number of ether oxygens (including phenoxy) is 2. The standard InChI is InChI=1S/C19H23NO5S/c1-3-20(4-2)26(22,23)18-12-10-16(11-13-18)19(21)25-15-14-24-17-8-6-5-7-9-17/h5-13H,3-4,14-15H2,1-2H3. The van der Waals surface area contributed by atoms with E-state index >= 15 is 0 Å². The van der Waals surface area contributed by atoms with E-state index in [4.69, 9.17) is 9.47 Å². The zero-order chi connectivity index (χ0) is 19.0. The second-order valence-corrected chi connectivity index (χ2v) is 7.35. The second kappa shape index (κ2) is 9.35. The number of sulfonamides is 1. The topological polar surface area (TPSA) is 72.9 Å². The van der Waals surface area contributed by atoms with Gasteiger partial charge >= 0.3 is 5.97 Å². The van der Waals surface area contributed by atoms with Crippen LogP contribution in [0.4, 0.5) is 0 Å². The summed E-state index contributed by atoms with van der Waals surface area (Å²) in [4.78, 5) is 12.2. The van der Waals surface area contributed by atoms with Crippen LogP contribution in [-0.4, -0.2) is 45.0 Å². The molecule has 2 aromatic rings. The first kappa shape index (κ1) is 19.9. The van der Waals surface area contributed by atoms with Gasteiger partial charge in [-0.15, -0.1) is 0 Å². The van der Waals surface area contributed by atoms with Crippen LogP contribution in [0.5, 0.6) is 5.75 Å². The van der Waals surface area contributed by atoms with Crippen LogP contribution in [0.1, 0.15) is 24.2 Å². The van der Waals surface area contributed by atoms with Crippen molar-refractivity contribution in [2.75, 3.05) is 26.3 Å². The molecule has 0 amide bonds. The Morgan fingerprint density at radius 2 is 1.54 bits per heavy atom. The summed E-state index contributed by atoms with van der Waals surface area (Å²) in [6, 6.07) is 15.0. The molecule has 0 saturated carbocycles. The molecule has 2 rings (SSSR count). The average molecular weight is 377 g/mol. The van der Waals surface area contributed by atoms with E-state index in [9.17, 15) is 13.2 Å². The molecule has 6 nitrogen and oxygen atoms in total. The highest BCUT2D eigenvalue weighted by molar-refractivity contribution is 7.89. The summed E-state index contributed by atoms with van der Waals surface area (Å²) >= 11 is 0. The monoisotopic (exact) mass is 377 g/mol. The molecule has 0 aliphatic heterocycles. The molecule has 0 aliphatic carbocycles. The molecule has 0 N–H and O–H groups in total. The Kier molecular flexibility index (Phi) is 7.17. The van der Waals surface area contributed by atoms with Crippen molar-refractivity contribution in [3.63, 3.8) is 0 Å². The first-order valence-corrected chi connectivity index (χ1v) is 9.88. The third-order valence-corrected chi connectivity index (χ3v) is 5.83. The van der Waals surface area contributed by atoms with Gasteiger partial charge in [0.1, 0.15) is 19.0 Å². The van der Waals surface area contributed by atoms with Crippen molar-refractivity contribution < 1.29 is 22.7 Å². The van der Waals surface area contributed by atoms with Crippen molar-refractivity contribution in [2.24, 2.45) is 0 Å². The predicted octanol–water partition coefficient (Wildman–Crippen LogP) is 2.95. The summed E-state index contributed by atoms with van der Waals surface area (Å²) in [5.41, 5.74) is 0.295. The number of carbonyl (C=O) groups excluding carboxylic acids is 1. The van der Waals surface area contributed by atoms with Crippen molar-refractivity contribution in [1.82, 2.24) is 4.31 Å². The quantitative estimate of drug-likeness (QED) is 0.496. The lowest BCUT2D eigenvalue weighted by Gasteiger charge is -2.18. The summed E-state index contributed by atoms with van der Waals surface area (Å²) in [5, 5.41) is 0. The molecule has 0 unspecified atom stereocenters. The maximum Gasteiger partial charge on any atom is 0.338 e. The van der Waals surface area contributed by atoms with Crippen molar-refractivity contribution in [2.45, 2.75) is 18.7 Å². The first-order chi connectivity index (χ1) is 12.5. The fraction of sp³-hybridized carbons (Fsp3) is 0.316. The van der Waals surface area contributed by atoms with Gasteiger partial charge in [0, 0.05) is 13.1 Å². The number of esters is 1. The lowest BCUT2D eigenvalue weighted by atomic mass is 10.2. The molecule has 2 aromatic carbocycles. The SMILES string of the molecule is CCN(CC)S(=O)(=O)c1ccc(C(=O)OCCOc2ccccc2)cc1. The minimum absolute atomic E-state index is 0.104. The van der Waals surface area contributed by atoms with Gasteiger partial charge in [-0.1, -0.05) is 32.0 Å². The lowest BCUT2D eigenvalue weighted by molar-refractivity contribution is 0.0450. The molecular formula is C19H23NO5S. The summed E-state index contributed by atoms with van der Waals surface area (Å²) in [6.07, 6.45) is 0. The number of rotatable bonds is 9. The molecule has 0 heterocycles. The zero-order valence-electron chi connectivity index (χ0n) is 14.9. The Labute approximate surface area is 154 Å². The number of hydrogen-bond acceptors (Lipinski definition) is 5. The third-order valence-electron chi connectivity index (χ3n) is 3.76. The van der Waals surface area contributed by atoms with E-state index in [1.165, 1.54) is 28.6 Å². The van der Waals surface area contributed by atoms with Gasteiger partial charge in [-0.2, -0.15) is 4.31 Å². The predicted molar refractivity (Wildman–Crippen MR) is 98.8 cm³/mol. The van der Waals surface area contributed by atoms with Crippen LogP contribution in [0.15, 0.2) is 59.5 Å². The van der Waals surface area contributed by atoms with E-state index in [1.807, 2.05) is 30.3 Å².